The van der Waals surface area contributed by atoms with Crippen LogP contribution in [0.2, 0.25) is 0 Å². The zero-order valence-corrected chi connectivity index (χ0v) is 8.60. The second-order valence-corrected chi connectivity index (χ2v) is 4.14. The second-order valence-electron chi connectivity index (χ2n) is 3.12. The Balaban J connectivity index is 1.82. The first-order valence-electron chi connectivity index (χ1n) is 4.61. The molecule has 1 aliphatic heterocycles. The van der Waals surface area contributed by atoms with Crippen molar-refractivity contribution < 1.29 is 9.23 Å². The van der Waals surface area contributed by atoms with Crippen molar-refractivity contribution in [3.8, 4) is 0 Å². The average Bonchev–Trinajstić information content (AvgIpc) is 2.70. The SMILES string of the molecule is Fc1ccc(SCN2CCCO2)cc1. The summed E-state index contributed by atoms with van der Waals surface area (Å²) in [5.74, 6) is 0.623. The summed E-state index contributed by atoms with van der Waals surface area (Å²) in [6.07, 6.45) is 1.10. The summed E-state index contributed by atoms with van der Waals surface area (Å²) in [5.41, 5.74) is 0. The number of hydrogen-bond acceptors (Lipinski definition) is 3. The normalized spacial score (nSPS) is 17.5. The fourth-order valence-corrected chi connectivity index (χ4v) is 2.10. The van der Waals surface area contributed by atoms with E-state index in [0.29, 0.717) is 0 Å². The van der Waals surface area contributed by atoms with Gasteiger partial charge < -0.3 is 0 Å². The van der Waals surface area contributed by atoms with Crippen molar-refractivity contribution in [2.75, 3.05) is 19.0 Å². The lowest BCUT2D eigenvalue weighted by Crippen LogP contribution is -2.16. The third-order valence-corrected chi connectivity index (χ3v) is 3.04. The van der Waals surface area contributed by atoms with Crippen LogP contribution in [-0.2, 0) is 4.84 Å². The Labute approximate surface area is 87.0 Å². The first-order valence-corrected chi connectivity index (χ1v) is 5.59. The van der Waals surface area contributed by atoms with Crippen LogP contribution in [0.25, 0.3) is 0 Å². The third kappa shape index (κ3) is 2.70. The molecule has 1 saturated heterocycles. The number of nitrogens with zero attached hydrogens (tertiary/aromatic N) is 1. The van der Waals surface area contributed by atoms with E-state index in [1.165, 1.54) is 12.1 Å². The highest BCUT2D eigenvalue weighted by Gasteiger charge is 2.11. The molecule has 1 fully saturated rings. The van der Waals surface area contributed by atoms with E-state index in [0.717, 1.165) is 30.3 Å². The van der Waals surface area contributed by atoms with Crippen LogP contribution in [0.4, 0.5) is 4.39 Å². The molecule has 76 valence electrons. The van der Waals surface area contributed by atoms with Gasteiger partial charge in [0.1, 0.15) is 5.82 Å². The van der Waals surface area contributed by atoms with Gasteiger partial charge in [-0.05, 0) is 30.7 Å². The molecular weight excluding hydrogens is 201 g/mol. The monoisotopic (exact) mass is 213 g/mol. The van der Waals surface area contributed by atoms with E-state index in [2.05, 4.69) is 0 Å². The summed E-state index contributed by atoms with van der Waals surface area (Å²) in [4.78, 5) is 6.41. The smallest absolute Gasteiger partial charge is 0.123 e. The minimum Gasteiger partial charge on any atom is -0.298 e. The minimum atomic E-state index is -0.188. The summed E-state index contributed by atoms with van der Waals surface area (Å²) in [5, 5.41) is 1.94. The highest BCUT2D eigenvalue weighted by molar-refractivity contribution is 7.99. The fraction of sp³-hybridized carbons (Fsp3) is 0.400. The maximum atomic E-state index is 12.6. The van der Waals surface area contributed by atoms with Gasteiger partial charge in [-0.25, -0.2) is 4.39 Å². The molecule has 1 aromatic carbocycles. The van der Waals surface area contributed by atoms with Gasteiger partial charge in [0.25, 0.3) is 0 Å². The number of benzene rings is 1. The standard InChI is InChI=1S/C10H12FNOS/c11-9-2-4-10(5-3-9)14-8-12-6-1-7-13-12/h2-5H,1,6-8H2. The molecule has 2 rings (SSSR count). The number of halogens is 1. The maximum Gasteiger partial charge on any atom is 0.123 e. The van der Waals surface area contributed by atoms with Crippen LogP contribution in [0.3, 0.4) is 0 Å². The molecule has 1 aliphatic rings. The van der Waals surface area contributed by atoms with E-state index in [1.807, 2.05) is 5.06 Å². The minimum absolute atomic E-state index is 0.188. The Morgan fingerprint density at radius 1 is 1.36 bits per heavy atom. The molecule has 1 heterocycles. The predicted molar refractivity (Wildman–Crippen MR) is 54.4 cm³/mol. The third-order valence-electron chi connectivity index (χ3n) is 2.01. The van der Waals surface area contributed by atoms with Crippen LogP contribution < -0.4 is 0 Å². The molecule has 0 bridgehead atoms. The van der Waals surface area contributed by atoms with Crippen LogP contribution in [0.1, 0.15) is 6.42 Å². The van der Waals surface area contributed by atoms with Gasteiger partial charge in [0.2, 0.25) is 0 Å². The molecule has 0 aromatic heterocycles. The molecule has 2 nitrogen and oxygen atoms in total. The quantitative estimate of drug-likeness (QED) is 0.716. The predicted octanol–water partition coefficient (Wildman–Crippen LogP) is 2.51. The van der Waals surface area contributed by atoms with Crippen LogP contribution in [0, 0.1) is 5.82 Å². The molecule has 0 N–H and O–H groups in total. The van der Waals surface area contributed by atoms with Crippen molar-refractivity contribution in [1.29, 1.82) is 0 Å². The fourth-order valence-electron chi connectivity index (χ4n) is 1.28. The summed E-state index contributed by atoms with van der Waals surface area (Å²) in [6, 6.07) is 6.53. The molecule has 0 aliphatic carbocycles. The first kappa shape index (κ1) is 9.96. The van der Waals surface area contributed by atoms with Gasteiger partial charge in [0.05, 0.1) is 12.5 Å². The van der Waals surface area contributed by atoms with E-state index in [-0.39, 0.29) is 5.82 Å². The Hall–Kier alpha value is -0.580. The Bertz CT molecular complexity index is 285. The van der Waals surface area contributed by atoms with Crippen molar-refractivity contribution in [1.82, 2.24) is 5.06 Å². The van der Waals surface area contributed by atoms with Gasteiger partial charge in [-0.1, -0.05) is 0 Å². The highest BCUT2D eigenvalue weighted by Crippen LogP contribution is 2.20. The number of hydroxylamine groups is 2. The van der Waals surface area contributed by atoms with E-state index in [9.17, 15) is 4.39 Å². The summed E-state index contributed by atoms with van der Waals surface area (Å²) < 4.78 is 12.6. The lowest BCUT2D eigenvalue weighted by atomic mass is 10.4. The van der Waals surface area contributed by atoms with Crippen LogP contribution in [0.5, 0.6) is 0 Å². The van der Waals surface area contributed by atoms with E-state index >= 15 is 0 Å². The van der Waals surface area contributed by atoms with Crippen molar-refractivity contribution >= 4 is 11.8 Å². The van der Waals surface area contributed by atoms with Crippen molar-refractivity contribution in [2.24, 2.45) is 0 Å². The molecule has 0 atom stereocenters. The van der Waals surface area contributed by atoms with Gasteiger partial charge in [-0.15, -0.1) is 11.8 Å². The summed E-state index contributed by atoms with van der Waals surface area (Å²) in [6.45, 7) is 1.82. The lowest BCUT2D eigenvalue weighted by Gasteiger charge is -2.12. The molecule has 0 amide bonds. The van der Waals surface area contributed by atoms with Crippen LogP contribution in [-0.4, -0.2) is 24.1 Å². The first-order chi connectivity index (χ1) is 6.84. The highest BCUT2D eigenvalue weighted by atomic mass is 32.2. The zero-order valence-electron chi connectivity index (χ0n) is 7.78. The topological polar surface area (TPSA) is 12.5 Å². The van der Waals surface area contributed by atoms with Gasteiger partial charge in [0.15, 0.2) is 0 Å². The molecule has 4 heteroatoms. The molecule has 1 aromatic rings. The van der Waals surface area contributed by atoms with Crippen molar-refractivity contribution in [3.05, 3.63) is 30.1 Å². The van der Waals surface area contributed by atoms with Crippen molar-refractivity contribution in [2.45, 2.75) is 11.3 Å². The Morgan fingerprint density at radius 2 is 2.14 bits per heavy atom. The van der Waals surface area contributed by atoms with E-state index in [1.54, 1.807) is 23.9 Å². The van der Waals surface area contributed by atoms with Gasteiger partial charge in [0, 0.05) is 11.4 Å². The second kappa shape index (κ2) is 4.77. The molecule has 14 heavy (non-hydrogen) atoms. The molecule has 0 spiro atoms. The van der Waals surface area contributed by atoms with E-state index < -0.39 is 0 Å². The lowest BCUT2D eigenvalue weighted by molar-refractivity contribution is -0.0927. The average molecular weight is 213 g/mol. The van der Waals surface area contributed by atoms with Crippen molar-refractivity contribution in [3.63, 3.8) is 0 Å². The Kier molecular flexibility index (Phi) is 3.39. The van der Waals surface area contributed by atoms with Crippen LogP contribution in [0.15, 0.2) is 29.2 Å². The molecule has 0 unspecified atom stereocenters. The van der Waals surface area contributed by atoms with Gasteiger partial charge in [-0.2, -0.15) is 5.06 Å². The van der Waals surface area contributed by atoms with Gasteiger partial charge in [-0.3, -0.25) is 4.84 Å². The van der Waals surface area contributed by atoms with E-state index in [4.69, 9.17) is 4.84 Å². The Morgan fingerprint density at radius 3 is 2.79 bits per heavy atom. The van der Waals surface area contributed by atoms with Gasteiger partial charge >= 0.3 is 0 Å². The number of rotatable bonds is 3. The maximum absolute atomic E-state index is 12.6. The van der Waals surface area contributed by atoms with Crippen LogP contribution >= 0.6 is 11.8 Å². The number of thioether (sulfide) groups is 1. The molecular formula is C10H12FNOS. The molecule has 0 radical (unpaired) electrons. The zero-order chi connectivity index (χ0) is 9.80. The summed E-state index contributed by atoms with van der Waals surface area (Å²) >= 11 is 1.66. The number of hydrogen-bond donors (Lipinski definition) is 0. The molecule has 0 saturated carbocycles. The summed E-state index contributed by atoms with van der Waals surface area (Å²) in [7, 11) is 0. The largest absolute Gasteiger partial charge is 0.298 e.